The van der Waals surface area contributed by atoms with Crippen molar-refractivity contribution in [2.24, 2.45) is 5.73 Å². The highest BCUT2D eigenvalue weighted by molar-refractivity contribution is 5.76. The van der Waals surface area contributed by atoms with Crippen molar-refractivity contribution < 1.29 is 38.9 Å². The van der Waals surface area contributed by atoms with Crippen LogP contribution in [0.1, 0.15) is 12.0 Å². The van der Waals surface area contributed by atoms with Crippen molar-refractivity contribution in [3.05, 3.63) is 27.8 Å². The predicted octanol–water partition coefficient (Wildman–Crippen LogP) is 0.0799. The van der Waals surface area contributed by atoms with Crippen LogP contribution in [0.5, 0.6) is 11.5 Å². The smallest absolute Gasteiger partial charge is 0.276 e. The molecule has 1 aromatic carbocycles. The van der Waals surface area contributed by atoms with E-state index in [9.17, 15) is 25.1 Å². The molecular weight excluding hydrogens is 414 g/mol. The first-order chi connectivity index (χ1) is 15.0. The first-order valence-electron chi connectivity index (χ1n) is 9.92. The van der Waals surface area contributed by atoms with Crippen LogP contribution in [-0.4, -0.2) is 87.0 Å². The van der Waals surface area contributed by atoms with Gasteiger partial charge < -0.3 is 40.2 Å². The maximum Gasteiger partial charge on any atom is 0.276 e. The summed E-state index contributed by atoms with van der Waals surface area (Å²) in [6, 6.07) is 2.00. The Labute approximate surface area is 180 Å². The van der Waals surface area contributed by atoms with Crippen LogP contribution in [0.25, 0.3) is 0 Å². The fourth-order valence-corrected chi connectivity index (χ4v) is 2.41. The standard InChI is InChI=1S/C19H31N3O9/c20-3-6-29-8-10-31-12-11-30-9-7-28-5-2-19(25)21-4-1-15-13-17(23)18(24)14-16(15)22(26)27/h13-14,23-24H,1-12,20H2,(H,21,25). The van der Waals surface area contributed by atoms with E-state index in [0.29, 0.717) is 52.8 Å². The number of phenolic OH excluding ortho intramolecular Hbond substituents is 2. The van der Waals surface area contributed by atoms with Crippen LogP contribution in [0, 0.1) is 10.1 Å². The second kappa shape index (κ2) is 16.2. The lowest BCUT2D eigenvalue weighted by molar-refractivity contribution is -0.385. The molecule has 0 saturated heterocycles. The molecule has 0 aliphatic carbocycles. The fraction of sp³-hybridized carbons (Fsp3) is 0.632. The summed E-state index contributed by atoms with van der Waals surface area (Å²) in [5.74, 6) is -1.29. The lowest BCUT2D eigenvalue weighted by Gasteiger charge is -2.08. The molecule has 0 atom stereocenters. The minimum atomic E-state index is -0.657. The van der Waals surface area contributed by atoms with Crippen LogP contribution >= 0.6 is 0 Å². The number of nitrogens with one attached hydrogen (secondary N) is 1. The molecule has 1 amide bonds. The van der Waals surface area contributed by atoms with Gasteiger partial charge in [0.25, 0.3) is 5.69 Å². The summed E-state index contributed by atoms with van der Waals surface area (Å²) < 4.78 is 21.1. The van der Waals surface area contributed by atoms with Gasteiger partial charge in [0, 0.05) is 25.1 Å². The van der Waals surface area contributed by atoms with Gasteiger partial charge in [-0.25, -0.2) is 0 Å². The molecule has 31 heavy (non-hydrogen) atoms. The molecule has 5 N–H and O–H groups in total. The summed E-state index contributed by atoms with van der Waals surface area (Å²) in [7, 11) is 0. The van der Waals surface area contributed by atoms with Crippen molar-refractivity contribution in [2.45, 2.75) is 12.8 Å². The molecule has 0 saturated carbocycles. The molecule has 12 nitrogen and oxygen atoms in total. The SMILES string of the molecule is NCCOCCOCCOCCOCCC(=O)NCCc1cc(O)c(O)cc1[N+](=O)[O-]. The molecule has 1 rings (SSSR count). The molecule has 0 aliphatic heterocycles. The van der Waals surface area contributed by atoms with E-state index in [0.717, 1.165) is 12.1 Å². The van der Waals surface area contributed by atoms with Gasteiger partial charge in [0.05, 0.1) is 63.8 Å². The number of hydrogen-bond acceptors (Lipinski definition) is 10. The summed E-state index contributed by atoms with van der Waals surface area (Å²) in [5.41, 5.74) is 5.17. The van der Waals surface area contributed by atoms with Gasteiger partial charge in [-0.15, -0.1) is 0 Å². The topological polar surface area (TPSA) is 176 Å². The van der Waals surface area contributed by atoms with Crippen molar-refractivity contribution in [1.82, 2.24) is 5.32 Å². The number of phenols is 2. The molecule has 0 bridgehead atoms. The number of ether oxygens (including phenoxy) is 4. The number of benzene rings is 1. The molecule has 0 spiro atoms. The van der Waals surface area contributed by atoms with E-state index in [1.807, 2.05) is 0 Å². The van der Waals surface area contributed by atoms with E-state index in [4.69, 9.17) is 24.7 Å². The lowest BCUT2D eigenvalue weighted by Crippen LogP contribution is -2.27. The van der Waals surface area contributed by atoms with Crippen molar-refractivity contribution in [2.75, 3.05) is 65.9 Å². The van der Waals surface area contributed by atoms with Gasteiger partial charge >= 0.3 is 0 Å². The van der Waals surface area contributed by atoms with Gasteiger partial charge in [0.1, 0.15) is 0 Å². The quantitative estimate of drug-likeness (QED) is 0.105. The van der Waals surface area contributed by atoms with Gasteiger partial charge in [-0.2, -0.15) is 0 Å². The number of nitro benzene ring substituents is 1. The number of nitrogens with zero attached hydrogens (tertiary/aromatic N) is 1. The lowest BCUT2D eigenvalue weighted by atomic mass is 10.1. The van der Waals surface area contributed by atoms with Crippen molar-refractivity contribution in [3.63, 3.8) is 0 Å². The van der Waals surface area contributed by atoms with E-state index in [1.165, 1.54) is 0 Å². The Morgan fingerprint density at radius 2 is 1.45 bits per heavy atom. The Morgan fingerprint density at radius 3 is 2.00 bits per heavy atom. The highest BCUT2D eigenvalue weighted by Gasteiger charge is 2.17. The van der Waals surface area contributed by atoms with E-state index in [-0.39, 0.29) is 43.2 Å². The molecule has 0 heterocycles. The third-order valence-electron chi connectivity index (χ3n) is 3.94. The minimum absolute atomic E-state index is 0.131. The highest BCUT2D eigenvalue weighted by atomic mass is 16.6. The summed E-state index contributed by atoms with van der Waals surface area (Å²) in [4.78, 5) is 22.2. The largest absolute Gasteiger partial charge is 0.504 e. The molecular formula is C19H31N3O9. The Morgan fingerprint density at radius 1 is 0.935 bits per heavy atom. The summed E-state index contributed by atoms with van der Waals surface area (Å²) >= 11 is 0. The minimum Gasteiger partial charge on any atom is -0.504 e. The Kier molecular flexibility index (Phi) is 13.9. The second-order valence-corrected chi connectivity index (χ2v) is 6.31. The zero-order chi connectivity index (χ0) is 22.9. The maximum atomic E-state index is 11.8. The molecule has 176 valence electrons. The number of carbonyl (C=O) groups excluding carboxylic acids is 1. The maximum absolute atomic E-state index is 11.8. The van der Waals surface area contributed by atoms with Crippen molar-refractivity contribution >= 4 is 11.6 Å². The Balaban J connectivity index is 2.04. The monoisotopic (exact) mass is 445 g/mol. The van der Waals surface area contributed by atoms with Crippen LogP contribution in [0.15, 0.2) is 12.1 Å². The molecule has 0 unspecified atom stereocenters. The Bertz CT molecular complexity index is 673. The number of rotatable bonds is 18. The first-order valence-corrected chi connectivity index (χ1v) is 9.92. The fourth-order valence-electron chi connectivity index (χ4n) is 2.41. The summed E-state index contributed by atoms with van der Waals surface area (Å²) in [6.45, 7) is 3.93. The number of aromatic hydroxyl groups is 2. The number of hydrogen-bond donors (Lipinski definition) is 4. The van der Waals surface area contributed by atoms with Gasteiger partial charge in [0.2, 0.25) is 5.91 Å². The average Bonchev–Trinajstić information content (AvgIpc) is 2.73. The second-order valence-electron chi connectivity index (χ2n) is 6.31. The number of nitrogens with two attached hydrogens (primary N) is 1. The van der Waals surface area contributed by atoms with Gasteiger partial charge in [-0.3, -0.25) is 14.9 Å². The number of amides is 1. The zero-order valence-corrected chi connectivity index (χ0v) is 17.4. The number of nitro groups is 1. The third kappa shape index (κ3) is 12.1. The molecule has 12 heteroatoms. The van der Waals surface area contributed by atoms with Crippen LogP contribution in [0.2, 0.25) is 0 Å². The van der Waals surface area contributed by atoms with E-state index >= 15 is 0 Å². The molecule has 0 aliphatic rings. The van der Waals surface area contributed by atoms with Gasteiger partial charge in [0.15, 0.2) is 11.5 Å². The third-order valence-corrected chi connectivity index (χ3v) is 3.94. The van der Waals surface area contributed by atoms with Crippen molar-refractivity contribution in [3.8, 4) is 11.5 Å². The summed E-state index contributed by atoms with van der Waals surface area (Å²) in [6.07, 6.45) is 0.265. The normalized spacial score (nSPS) is 10.9. The van der Waals surface area contributed by atoms with Gasteiger partial charge in [-0.05, 0) is 12.5 Å². The molecule has 0 radical (unpaired) electrons. The van der Waals surface area contributed by atoms with Crippen molar-refractivity contribution in [1.29, 1.82) is 0 Å². The van der Waals surface area contributed by atoms with Crippen LogP contribution in [0.4, 0.5) is 5.69 Å². The van der Waals surface area contributed by atoms with Gasteiger partial charge in [-0.1, -0.05) is 0 Å². The molecule has 0 aromatic heterocycles. The van der Waals surface area contributed by atoms with Crippen LogP contribution in [-0.2, 0) is 30.2 Å². The van der Waals surface area contributed by atoms with Crippen LogP contribution in [0.3, 0.4) is 0 Å². The van der Waals surface area contributed by atoms with E-state index < -0.39 is 16.4 Å². The van der Waals surface area contributed by atoms with E-state index in [1.54, 1.807) is 0 Å². The average molecular weight is 445 g/mol. The molecule has 1 aromatic rings. The highest BCUT2D eigenvalue weighted by Crippen LogP contribution is 2.32. The number of carbonyl (C=O) groups is 1. The van der Waals surface area contributed by atoms with Crippen LogP contribution < -0.4 is 11.1 Å². The predicted molar refractivity (Wildman–Crippen MR) is 110 cm³/mol. The van der Waals surface area contributed by atoms with E-state index in [2.05, 4.69) is 5.32 Å². The summed E-state index contributed by atoms with van der Waals surface area (Å²) in [5, 5.41) is 32.5. The zero-order valence-electron chi connectivity index (χ0n) is 17.4. The molecule has 0 fully saturated rings. The first kappa shape index (κ1) is 26.5. The Hall–Kier alpha value is -2.51.